The number of hydrogen-bond donors (Lipinski definition) is 1. The third-order valence-electron chi connectivity index (χ3n) is 1.49. The minimum atomic E-state index is -1.45. The van der Waals surface area contributed by atoms with Crippen molar-refractivity contribution in [1.29, 1.82) is 0 Å². The number of nitrogens with one attached hydrogen (secondary N) is 1. The second-order valence-electron chi connectivity index (χ2n) is 2.33. The first-order valence-electron chi connectivity index (χ1n) is 3.46. The van der Waals surface area contributed by atoms with Crippen LogP contribution in [0.5, 0.6) is 0 Å². The monoisotopic (exact) mass is 205 g/mol. The molecule has 0 saturated heterocycles. The number of rotatable bonds is 3. The standard InChI is InChI=1S/C8H6F3NS/c9-6-2-1-5(3-12-4-13)7(10)8(6)11/h1-2,4H,3H2,(H,12,13). The molecule has 0 unspecified atom stereocenters. The van der Waals surface area contributed by atoms with Gasteiger partial charge in [-0.1, -0.05) is 18.3 Å². The highest BCUT2D eigenvalue weighted by molar-refractivity contribution is 7.78. The summed E-state index contributed by atoms with van der Waals surface area (Å²) in [5.74, 6) is -3.82. The van der Waals surface area contributed by atoms with E-state index in [1.807, 2.05) is 0 Å². The number of hydrogen-bond acceptors (Lipinski definition) is 1. The van der Waals surface area contributed by atoms with E-state index in [4.69, 9.17) is 0 Å². The molecule has 1 rings (SSSR count). The molecule has 0 aliphatic carbocycles. The van der Waals surface area contributed by atoms with Gasteiger partial charge in [-0.15, -0.1) is 0 Å². The fraction of sp³-hybridized carbons (Fsp3) is 0.125. The Balaban J connectivity index is 2.96. The van der Waals surface area contributed by atoms with Crippen molar-refractivity contribution in [2.24, 2.45) is 0 Å². The Morgan fingerprint density at radius 2 is 1.92 bits per heavy atom. The normalized spacial score (nSPS) is 9.77. The van der Waals surface area contributed by atoms with Gasteiger partial charge in [0.05, 0.1) is 5.49 Å². The molecule has 0 heterocycles. The minimum Gasteiger partial charge on any atom is -0.378 e. The maximum absolute atomic E-state index is 12.9. The van der Waals surface area contributed by atoms with Gasteiger partial charge >= 0.3 is 0 Å². The number of benzene rings is 1. The minimum absolute atomic E-state index is 0.0417. The average Bonchev–Trinajstić information content (AvgIpc) is 2.13. The summed E-state index contributed by atoms with van der Waals surface area (Å²) < 4.78 is 37.9. The predicted octanol–water partition coefficient (Wildman–Crippen LogP) is 2.15. The quantitative estimate of drug-likeness (QED) is 0.599. The van der Waals surface area contributed by atoms with Gasteiger partial charge in [0.2, 0.25) is 0 Å². The second kappa shape index (κ2) is 4.23. The van der Waals surface area contributed by atoms with Crippen molar-refractivity contribution in [3.8, 4) is 0 Å². The van der Waals surface area contributed by atoms with E-state index in [-0.39, 0.29) is 12.1 Å². The fourth-order valence-electron chi connectivity index (χ4n) is 0.854. The molecule has 0 radical (unpaired) electrons. The molecule has 1 N–H and O–H groups in total. The average molecular weight is 205 g/mol. The molecule has 0 bridgehead atoms. The predicted molar refractivity (Wildman–Crippen MR) is 46.8 cm³/mol. The van der Waals surface area contributed by atoms with Crippen LogP contribution in [0.2, 0.25) is 0 Å². The fourth-order valence-corrected chi connectivity index (χ4v) is 0.937. The molecular weight excluding hydrogens is 199 g/mol. The first kappa shape index (κ1) is 9.98. The van der Waals surface area contributed by atoms with E-state index in [0.717, 1.165) is 6.07 Å². The lowest BCUT2D eigenvalue weighted by Crippen LogP contribution is -2.11. The van der Waals surface area contributed by atoms with E-state index in [0.29, 0.717) is 0 Å². The van der Waals surface area contributed by atoms with Crippen molar-refractivity contribution >= 4 is 17.7 Å². The summed E-state index contributed by atoms with van der Waals surface area (Å²) in [6.45, 7) is 0.0481. The largest absolute Gasteiger partial charge is 0.378 e. The van der Waals surface area contributed by atoms with Crippen LogP contribution < -0.4 is 5.32 Å². The van der Waals surface area contributed by atoms with Crippen LogP contribution in [-0.2, 0) is 6.54 Å². The summed E-state index contributed by atoms with van der Waals surface area (Å²) in [5.41, 5.74) is 1.22. The molecule has 0 fully saturated rings. The SMILES string of the molecule is Fc1ccc(CNC=S)c(F)c1F. The molecule has 0 saturated carbocycles. The van der Waals surface area contributed by atoms with Gasteiger partial charge in [0.25, 0.3) is 0 Å². The van der Waals surface area contributed by atoms with Crippen molar-refractivity contribution in [3.63, 3.8) is 0 Å². The van der Waals surface area contributed by atoms with Gasteiger partial charge in [-0.2, -0.15) is 0 Å². The molecule has 0 spiro atoms. The number of thiocarbonyl (C=S) groups is 1. The van der Waals surface area contributed by atoms with Crippen molar-refractivity contribution in [1.82, 2.24) is 5.32 Å². The Labute approximate surface area is 78.6 Å². The van der Waals surface area contributed by atoms with Crippen molar-refractivity contribution in [2.45, 2.75) is 6.54 Å². The molecule has 13 heavy (non-hydrogen) atoms. The van der Waals surface area contributed by atoms with Crippen LogP contribution in [0.15, 0.2) is 12.1 Å². The van der Waals surface area contributed by atoms with E-state index in [9.17, 15) is 13.2 Å². The molecule has 0 amide bonds. The Hall–Kier alpha value is -1.10. The van der Waals surface area contributed by atoms with Gasteiger partial charge in [0.1, 0.15) is 0 Å². The van der Waals surface area contributed by atoms with Crippen LogP contribution in [0.25, 0.3) is 0 Å². The topological polar surface area (TPSA) is 12.0 Å². The molecule has 1 aromatic carbocycles. The van der Waals surface area contributed by atoms with Crippen LogP contribution in [-0.4, -0.2) is 5.49 Å². The van der Waals surface area contributed by atoms with E-state index >= 15 is 0 Å². The van der Waals surface area contributed by atoms with E-state index in [1.54, 1.807) is 0 Å². The number of halogens is 3. The third kappa shape index (κ3) is 2.18. The first-order valence-corrected chi connectivity index (χ1v) is 3.93. The van der Waals surface area contributed by atoms with E-state index in [2.05, 4.69) is 17.5 Å². The van der Waals surface area contributed by atoms with Crippen LogP contribution in [0.1, 0.15) is 5.56 Å². The van der Waals surface area contributed by atoms with Crippen LogP contribution in [0.3, 0.4) is 0 Å². The van der Waals surface area contributed by atoms with Crippen molar-refractivity contribution in [3.05, 3.63) is 35.1 Å². The lowest BCUT2D eigenvalue weighted by atomic mass is 10.2. The Morgan fingerprint density at radius 1 is 1.23 bits per heavy atom. The Kier molecular flexibility index (Phi) is 3.25. The summed E-state index contributed by atoms with van der Waals surface area (Å²) in [7, 11) is 0. The van der Waals surface area contributed by atoms with Crippen molar-refractivity contribution < 1.29 is 13.2 Å². The Morgan fingerprint density at radius 3 is 2.54 bits per heavy atom. The highest BCUT2D eigenvalue weighted by Crippen LogP contribution is 2.14. The zero-order chi connectivity index (χ0) is 9.84. The Bertz CT molecular complexity index is 327. The molecule has 0 aliphatic rings. The van der Waals surface area contributed by atoms with Gasteiger partial charge in [-0.3, -0.25) is 0 Å². The summed E-state index contributed by atoms with van der Waals surface area (Å²) in [4.78, 5) is 0. The zero-order valence-electron chi connectivity index (χ0n) is 6.48. The van der Waals surface area contributed by atoms with Crippen LogP contribution >= 0.6 is 12.2 Å². The lowest BCUT2D eigenvalue weighted by molar-refractivity contribution is 0.440. The van der Waals surface area contributed by atoms with Gasteiger partial charge in [-0.05, 0) is 6.07 Å². The summed E-state index contributed by atoms with van der Waals surface area (Å²) >= 11 is 4.43. The first-order chi connectivity index (χ1) is 6.16. The van der Waals surface area contributed by atoms with Gasteiger partial charge < -0.3 is 5.32 Å². The second-order valence-corrected chi connectivity index (χ2v) is 2.57. The van der Waals surface area contributed by atoms with E-state index < -0.39 is 17.5 Å². The maximum Gasteiger partial charge on any atom is 0.194 e. The van der Waals surface area contributed by atoms with Gasteiger partial charge in [0, 0.05) is 12.1 Å². The molecule has 0 aliphatic heterocycles. The van der Waals surface area contributed by atoms with E-state index in [1.165, 1.54) is 11.6 Å². The van der Waals surface area contributed by atoms with Crippen LogP contribution in [0, 0.1) is 17.5 Å². The molecular formula is C8H6F3NS. The smallest absolute Gasteiger partial charge is 0.194 e. The maximum atomic E-state index is 12.9. The van der Waals surface area contributed by atoms with Crippen molar-refractivity contribution in [2.75, 3.05) is 0 Å². The third-order valence-corrected chi connectivity index (χ3v) is 1.66. The molecule has 0 atom stereocenters. The molecule has 70 valence electrons. The van der Waals surface area contributed by atoms with Crippen LogP contribution in [0.4, 0.5) is 13.2 Å². The zero-order valence-corrected chi connectivity index (χ0v) is 7.30. The van der Waals surface area contributed by atoms with Gasteiger partial charge in [0.15, 0.2) is 17.5 Å². The summed E-state index contributed by atoms with van der Waals surface area (Å²) in [6.07, 6.45) is 0. The van der Waals surface area contributed by atoms with Gasteiger partial charge in [-0.25, -0.2) is 13.2 Å². The molecule has 5 heteroatoms. The summed E-state index contributed by atoms with van der Waals surface area (Å²) in [5, 5.41) is 2.51. The summed E-state index contributed by atoms with van der Waals surface area (Å²) in [6, 6.07) is 2.04. The molecule has 1 aromatic rings. The highest BCUT2D eigenvalue weighted by atomic mass is 32.1. The molecule has 0 aromatic heterocycles. The lowest BCUT2D eigenvalue weighted by Gasteiger charge is -2.03. The molecule has 1 nitrogen and oxygen atoms in total. The highest BCUT2D eigenvalue weighted by Gasteiger charge is 2.12.